The highest BCUT2D eigenvalue weighted by Crippen LogP contribution is 2.34. The van der Waals surface area contributed by atoms with Gasteiger partial charge in [0.15, 0.2) is 6.29 Å². The zero-order chi connectivity index (χ0) is 24.9. The maximum absolute atomic E-state index is 13.1. The fraction of sp³-hybridized carbons (Fsp3) is 0.320. The minimum absolute atomic E-state index is 0.0146. The van der Waals surface area contributed by atoms with Crippen molar-refractivity contribution in [2.45, 2.75) is 39.0 Å². The first-order valence-electron chi connectivity index (χ1n) is 11.2. The molecule has 10 nitrogen and oxygen atoms in total. The number of aliphatic hydroxyl groups excluding tert-OH is 1. The summed E-state index contributed by atoms with van der Waals surface area (Å²) in [6.07, 6.45) is 1.33. The van der Waals surface area contributed by atoms with Gasteiger partial charge in [0, 0.05) is 41.8 Å². The van der Waals surface area contributed by atoms with Crippen LogP contribution in [0.25, 0.3) is 22.3 Å². The van der Waals surface area contributed by atoms with Crippen molar-refractivity contribution in [1.29, 1.82) is 0 Å². The van der Waals surface area contributed by atoms with Crippen LogP contribution >= 0.6 is 0 Å². The van der Waals surface area contributed by atoms with Crippen molar-refractivity contribution in [2.75, 3.05) is 13.7 Å². The van der Waals surface area contributed by atoms with Gasteiger partial charge in [0.25, 0.3) is 5.56 Å². The van der Waals surface area contributed by atoms with E-state index in [4.69, 9.17) is 14.5 Å². The number of hydrazone groups is 1. The van der Waals surface area contributed by atoms with Crippen molar-refractivity contribution >= 4 is 29.3 Å². The second-order valence-corrected chi connectivity index (χ2v) is 8.09. The Kier molecular flexibility index (Phi) is 7.33. The first-order valence-corrected chi connectivity index (χ1v) is 11.2. The Morgan fingerprint density at radius 2 is 2.17 bits per heavy atom. The molecule has 1 aliphatic rings. The number of fused-ring (bicyclic) bond motifs is 4. The lowest BCUT2D eigenvalue weighted by molar-refractivity contribution is -0.121. The molecule has 0 bridgehead atoms. The van der Waals surface area contributed by atoms with Gasteiger partial charge in [0.1, 0.15) is 11.9 Å². The molecule has 0 fully saturated rings. The van der Waals surface area contributed by atoms with Gasteiger partial charge in [0.05, 0.1) is 36.7 Å². The number of pyridine rings is 2. The van der Waals surface area contributed by atoms with Gasteiger partial charge in [-0.15, -0.1) is 0 Å². The highest BCUT2D eigenvalue weighted by molar-refractivity contribution is 5.85. The van der Waals surface area contributed by atoms with Crippen LogP contribution in [-0.2, 0) is 27.5 Å². The van der Waals surface area contributed by atoms with E-state index in [9.17, 15) is 19.5 Å². The standard InChI is InChI=1S/C25H26N4O6/c1-3-26-28-23(32)5-4-8-35-17-6-7-20-15(10-17)9-16-12-29-21(24(16)27-20)11-18(22(31)13-30)19(14-34-2)25(29)33/h3,6-7,9-11,13,22,31H,4-5,8,12,14H2,1-2H3,(H,28,32)/b26-3+. The summed E-state index contributed by atoms with van der Waals surface area (Å²) in [5.74, 6) is 0.481. The largest absolute Gasteiger partial charge is 0.494 e. The maximum Gasteiger partial charge on any atom is 0.257 e. The fourth-order valence-corrected chi connectivity index (χ4v) is 4.10. The molecule has 1 aliphatic heterocycles. The van der Waals surface area contributed by atoms with Gasteiger partial charge >= 0.3 is 0 Å². The number of nitrogens with one attached hydrogen (secondary N) is 1. The molecule has 1 unspecified atom stereocenters. The summed E-state index contributed by atoms with van der Waals surface area (Å²) in [6.45, 7) is 2.40. The number of benzene rings is 1. The minimum atomic E-state index is -1.42. The van der Waals surface area contributed by atoms with Crippen molar-refractivity contribution in [2.24, 2.45) is 5.10 Å². The fourth-order valence-electron chi connectivity index (χ4n) is 4.10. The van der Waals surface area contributed by atoms with Gasteiger partial charge in [-0.2, -0.15) is 5.10 Å². The monoisotopic (exact) mass is 478 g/mol. The van der Waals surface area contributed by atoms with Crippen LogP contribution in [0.4, 0.5) is 0 Å². The topological polar surface area (TPSA) is 132 Å². The van der Waals surface area contributed by atoms with E-state index in [1.165, 1.54) is 13.3 Å². The van der Waals surface area contributed by atoms with Crippen LogP contribution < -0.4 is 15.7 Å². The summed E-state index contributed by atoms with van der Waals surface area (Å²) < 4.78 is 12.5. The second-order valence-electron chi connectivity index (χ2n) is 8.09. The number of ether oxygens (including phenoxy) is 2. The minimum Gasteiger partial charge on any atom is -0.494 e. The van der Waals surface area contributed by atoms with Crippen LogP contribution in [0.2, 0.25) is 0 Å². The van der Waals surface area contributed by atoms with Crippen LogP contribution in [0.3, 0.4) is 0 Å². The Morgan fingerprint density at radius 1 is 1.34 bits per heavy atom. The van der Waals surface area contributed by atoms with Crippen LogP contribution in [0, 0.1) is 0 Å². The third-order valence-electron chi connectivity index (χ3n) is 5.74. The number of aliphatic hydroxyl groups is 1. The van der Waals surface area contributed by atoms with E-state index in [0.717, 1.165) is 10.9 Å². The molecular weight excluding hydrogens is 452 g/mol. The highest BCUT2D eigenvalue weighted by Gasteiger charge is 2.27. The lowest BCUT2D eigenvalue weighted by atomic mass is 10.0. The molecule has 1 atom stereocenters. The quantitative estimate of drug-likeness (QED) is 0.154. The molecule has 0 spiro atoms. The predicted molar refractivity (Wildman–Crippen MR) is 129 cm³/mol. The molecule has 0 saturated carbocycles. The van der Waals surface area contributed by atoms with Gasteiger partial charge in [-0.25, -0.2) is 10.4 Å². The van der Waals surface area contributed by atoms with E-state index in [2.05, 4.69) is 10.5 Å². The Bertz CT molecular complexity index is 1360. The van der Waals surface area contributed by atoms with Crippen molar-refractivity contribution in [3.63, 3.8) is 0 Å². The average molecular weight is 479 g/mol. The number of hydrogen-bond acceptors (Lipinski definition) is 8. The van der Waals surface area contributed by atoms with Crippen LogP contribution in [0.5, 0.6) is 5.75 Å². The number of methoxy groups -OCH3 is 1. The third kappa shape index (κ3) is 4.98. The van der Waals surface area contributed by atoms with Crippen molar-refractivity contribution in [3.05, 3.63) is 57.4 Å². The van der Waals surface area contributed by atoms with E-state index < -0.39 is 6.10 Å². The molecule has 0 saturated heterocycles. The van der Waals surface area contributed by atoms with Gasteiger partial charge < -0.3 is 23.9 Å². The number of aromatic nitrogens is 2. The Labute approximate surface area is 201 Å². The third-order valence-corrected chi connectivity index (χ3v) is 5.74. The molecule has 4 rings (SSSR count). The van der Waals surface area contributed by atoms with E-state index >= 15 is 0 Å². The molecule has 35 heavy (non-hydrogen) atoms. The number of amides is 1. The molecule has 182 valence electrons. The van der Waals surface area contributed by atoms with Gasteiger partial charge in [-0.1, -0.05) is 0 Å². The average Bonchev–Trinajstić information content (AvgIpc) is 3.22. The Morgan fingerprint density at radius 3 is 2.91 bits per heavy atom. The van der Waals surface area contributed by atoms with E-state index in [0.29, 0.717) is 54.9 Å². The molecule has 2 N–H and O–H groups in total. The number of carbonyl (C=O) groups excluding carboxylic acids is 2. The second kappa shape index (κ2) is 10.6. The van der Waals surface area contributed by atoms with Crippen LogP contribution in [-0.4, -0.2) is 46.8 Å². The van der Waals surface area contributed by atoms with Crippen molar-refractivity contribution in [1.82, 2.24) is 15.0 Å². The summed E-state index contributed by atoms with van der Waals surface area (Å²) in [5, 5.41) is 14.7. The van der Waals surface area contributed by atoms with Crippen molar-refractivity contribution < 1.29 is 24.2 Å². The van der Waals surface area contributed by atoms with Crippen LogP contribution in [0.15, 0.2) is 40.2 Å². The first-order chi connectivity index (χ1) is 17.0. The summed E-state index contributed by atoms with van der Waals surface area (Å²) in [5.41, 5.74) is 5.32. The maximum atomic E-state index is 13.1. The zero-order valence-electron chi connectivity index (χ0n) is 19.5. The highest BCUT2D eigenvalue weighted by atomic mass is 16.5. The molecule has 2 aromatic heterocycles. The predicted octanol–water partition coefficient (Wildman–Crippen LogP) is 2.08. The molecule has 3 aromatic rings. The molecule has 1 amide bonds. The van der Waals surface area contributed by atoms with E-state index in [1.54, 1.807) is 23.6 Å². The molecule has 3 heterocycles. The van der Waals surface area contributed by atoms with Crippen molar-refractivity contribution in [3.8, 4) is 17.1 Å². The van der Waals surface area contributed by atoms with Gasteiger partial charge in [-0.3, -0.25) is 9.59 Å². The summed E-state index contributed by atoms with van der Waals surface area (Å²) in [4.78, 5) is 40.7. The Balaban J connectivity index is 1.58. The van der Waals surface area contributed by atoms with Gasteiger partial charge in [0.2, 0.25) is 5.91 Å². The molecule has 1 aromatic carbocycles. The first kappa shape index (κ1) is 24.2. The lowest BCUT2D eigenvalue weighted by Crippen LogP contribution is -2.26. The SMILES string of the molecule is C/C=N/NC(=O)CCCOc1ccc2nc3c(cc2c1)Cn1c-3cc(C(O)C=O)c(COC)c1=O. The number of aldehydes is 1. The summed E-state index contributed by atoms with van der Waals surface area (Å²) in [7, 11) is 1.45. The lowest BCUT2D eigenvalue weighted by Gasteiger charge is -2.14. The smallest absolute Gasteiger partial charge is 0.257 e. The van der Waals surface area contributed by atoms with Gasteiger partial charge in [-0.05, 0) is 43.7 Å². The summed E-state index contributed by atoms with van der Waals surface area (Å²) >= 11 is 0. The molecular formula is C25H26N4O6. The molecule has 0 aliphatic carbocycles. The summed E-state index contributed by atoms with van der Waals surface area (Å²) in [6, 6.07) is 9.09. The number of nitrogens with zero attached hydrogens (tertiary/aromatic N) is 3. The number of hydrogen-bond donors (Lipinski definition) is 2. The number of carbonyl (C=O) groups is 2. The number of rotatable bonds is 10. The van der Waals surface area contributed by atoms with E-state index in [1.807, 2.05) is 18.2 Å². The zero-order valence-corrected chi connectivity index (χ0v) is 19.5. The molecule has 0 radical (unpaired) electrons. The Hall–Kier alpha value is -3.89. The normalized spacial score (nSPS) is 13.0. The van der Waals surface area contributed by atoms with E-state index in [-0.39, 0.29) is 29.2 Å². The van der Waals surface area contributed by atoms with Crippen LogP contribution in [0.1, 0.15) is 42.6 Å². The molecule has 10 heteroatoms.